The number of hydrogen-bond acceptors (Lipinski definition) is 1. The molecule has 2 nitrogen and oxygen atoms in total. The molecule has 0 aromatic heterocycles. The summed E-state index contributed by atoms with van der Waals surface area (Å²) in [6, 6.07) is 14.1. The van der Waals surface area contributed by atoms with E-state index in [2.05, 4.69) is 0 Å². The molecule has 0 unspecified atom stereocenters. The third-order valence-electron chi connectivity index (χ3n) is 2.80. The van der Waals surface area contributed by atoms with Crippen LogP contribution in [0.15, 0.2) is 48.5 Å². The lowest BCUT2D eigenvalue weighted by Gasteiger charge is -2.21. The van der Waals surface area contributed by atoms with Gasteiger partial charge in [-0.05, 0) is 34.9 Å². The van der Waals surface area contributed by atoms with Gasteiger partial charge in [0.05, 0.1) is 14.1 Å². The molecule has 1 aliphatic heterocycles. The van der Waals surface area contributed by atoms with Gasteiger partial charge in [0, 0.05) is 8.68 Å². The Kier molecular flexibility index (Phi) is 2.87. The number of anilines is 2. The highest BCUT2D eigenvalue weighted by Crippen LogP contribution is 2.36. The molecule has 108 valence electrons. The zero-order valence-electron chi connectivity index (χ0n) is 19.4. The van der Waals surface area contributed by atoms with Crippen LogP contribution in [0.25, 0.3) is 12.1 Å². The number of fused-ring (bicyclic) bond motifs is 2. The zero-order chi connectivity index (χ0) is 22.3. The average Bonchev–Trinajstić information content (AvgIpc) is 2.87. The molecule has 0 radical (unpaired) electrons. The predicted octanol–water partition coefficient (Wildman–Crippen LogP) is 6.43. The normalized spacial score (nSPS) is 15.2. The molecule has 0 saturated heterocycles. The van der Waals surface area contributed by atoms with E-state index in [-0.39, 0.29) is 12.1 Å². The van der Waals surface area contributed by atoms with E-state index in [0.717, 1.165) is 0 Å². The number of amides is 1. The number of carbonyl (C=O) groups is 1. The molecule has 0 saturated carbocycles. The van der Waals surface area contributed by atoms with Crippen LogP contribution in [0, 0.1) is 0 Å². The first-order chi connectivity index (χ1) is 13.6. The predicted molar refractivity (Wildman–Crippen MR) is 92.9 cm³/mol. The smallest absolute Gasteiger partial charge is 0.266 e. The maximum Gasteiger partial charge on any atom is 0.325 e. The molecule has 3 heteroatoms. The molecule has 2 aromatic rings. The second-order valence-corrected chi connectivity index (χ2v) is 4.20. The molecule has 0 atom stereocenters. The summed E-state index contributed by atoms with van der Waals surface area (Å²) in [5.74, 6) is 0. The molecule has 0 aliphatic carbocycles. The molecular formula is C17H22ClNO. The van der Waals surface area contributed by atoms with Gasteiger partial charge >= 0.3 is 5.37 Å². The quantitative estimate of drug-likeness (QED) is 0.405. The largest absolute Gasteiger partial charge is 0.325 e. The fraction of sp³-hybridized carbons (Fsp3) is 0.118. The standard InChI is InChI=1S/C15H10ClNO.2CH4.2H2/c16-15(18)17-13-7-3-1-5-11(13)9-10-12-6-2-4-8-14(12)17;;;;/h1-10H;2*1H4;2*1H/i9D,10D;2*1D;2*1+1D. The molecule has 0 bridgehead atoms. The van der Waals surface area contributed by atoms with Crippen LogP contribution >= 0.6 is 11.6 Å². The number of para-hydroxylation sites is 2. The molecule has 2 aromatic carbocycles. The van der Waals surface area contributed by atoms with E-state index in [1.807, 2.05) is 0 Å². The number of benzene rings is 2. The van der Waals surface area contributed by atoms with Crippen LogP contribution in [-0.2, 0) is 0 Å². The Bertz CT molecular complexity index is 702. The third kappa shape index (κ3) is 2.61. The second-order valence-electron chi connectivity index (χ2n) is 3.87. The van der Waals surface area contributed by atoms with E-state index in [4.69, 9.17) is 23.0 Å². The van der Waals surface area contributed by atoms with E-state index in [1.54, 1.807) is 48.5 Å². The summed E-state index contributed by atoms with van der Waals surface area (Å²) >= 11 is 5.73. The maximum atomic E-state index is 11.8. The van der Waals surface area contributed by atoms with E-state index >= 15 is 0 Å². The summed E-state index contributed by atoms with van der Waals surface area (Å²) in [5, 5.41) is -0.660. The molecule has 1 aliphatic rings. The Morgan fingerprint density at radius 1 is 1.05 bits per heavy atom. The molecule has 0 spiro atoms. The van der Waals surface area contributed by atoms with E-state index in [9.17, 15) is 4.79 Å². The van der Waals surface area contributed by atoms with Crippen molar-refractivity contribution in [2.75, 3.05) is 4.90 Å². The lowest BCUT2D eigenvalue weighted by atomic mass is 10.1. The Labute approximate surface area is 137 Å². The summed E-state index contributed by atoms with van der Waals surface area (Å²) in [6.45, 7) is 0. The minimum absolute atomic E-state index is 0.0773. The number of carbonyl (C=O) groups excluding carboxylic acids is 1. The molecule has 1 heterocycles. The van der Waals surface area contributed by atoms with Gasteiger partial charge in [0.25, 0.3) is 0 Å². The topological polar surface area (TPSA) is 20.3 Å². The Morgan fingerprint density at radius 3 is 1.85 bits per heavy atom. The zero-order valence-corrected chi connectivity index (χ0v) is 12.1. The van der Waals surface area contributed by atoms with Crippen LogP contribution in [0.3, 0.4) is 0 Å². The van der Waals surface area contributed by atoms with Crippen molar-refractivity contribution in [3.05, 3.63) is 59.7 Å². The SMILES string of the molecule is [2H]C.[2H]C.[2H]C1=C([2H])c2ccccc2N(C(=O)Cl)c2ccccc21.[2H][2H].[2H][2H]. The molecule has 3 rings (SSSR count). The van der Waals surface area contributed by atoms with Crippen LogP contribution in [0.5, 0.6) is 0 Å². The van der Waals surface area contributed by atoms with Crippen LogP contribution in [0.1, 0.15) is 37.4 Å². The first-order valence-corrected chi connectivity index (χ1v) is 5.85. The van der Waals surface area contributed by atoms with Crippen molar-refractivity contribution in [2.45, 2.75) is 14.8 Å². The van der Waals surface area contributed by atoms with Crippen molar-refractivity contribution in [3.8, 4) is 0 Å². The van der Waals surface area contributed by atoms with Gasteiger partial charge in [-0.1, -0.05) is 63.3 Å². The fourth-order valence-corrected chi connectivity index (χ4v) is 2.18. The number of nitrogens with zero attached hydrogens (tertiary/aromatic N) is 1. The van der Waals surface area contributed by atoms with Gasteiger partial charge in [-0.15, -0.1) is 0 Å². The molecule has 0 N–H and O–H groups in total. The number of hydrogen-bond donors (Lipinski definition) is 0. The third-order valence-corrected chi connectivity index (χ3v) is 2.97. The average molecular weight is 300 g/mol. The molecule has 1 amide bonds. The first kappa shape index (κ1) is 8.98. The van der Waals surface area contributed by atoms with Crippen molar-refractivity contribution in [3.63, 3.8) is 0 Å². The summed E-state index contributed by atoms with van der Waals surface area (Å²) in [7, 11) is 2.50. The van der Waals surface area contributed by atoms with E-state index in [0.29, 0.717) is 22.5 Å². The van der Waals surface area contributed by atoms with Gasteiger partial charge in [-0.3, -0.25) is 9.69 Å². The number of rotatable bonds is 0. The first-order valence-electron chi connectivity index (χ1n) is 10.5. The van der Waals surface area contributed by atoms with Gasteiger partial charge in [0.2, 0.25) is 0 Å². The highest BCUT2D eigenvalue weighted by molar-refractivity contribution is 6.67. The van der Waals surface area contributed by atoms with Gasteiger partial charge in [0.1, 0.15) is 0 Å². The minimum Gasteiger partial charge on any atom is -0.266 e. The van der Waals surface area contributed by atoms with Gasteiger partial charge in [-0.2, -0.15) is 0 Å². The van der Waals surface area contributed by atoms with Gasteiger partial charge < -0.3 is 0 Å². The van der Waals surface area contributed by atoms with Crippen LogP contribution < -0.4 is 4.90 Å². The lowest BCUT2D eigenvalue weighted by Crippen LogP contribution is -2.20. The van der Waals surface area contributed by atoms with E-state index < -0.39 is 5.37 Å². The van der Waals surface area contributed by atoms with Crippen molar-refractivity contribution < 1.29 is 16.2 Å². The van der Waals surface area contributed by atoms with Gasteiger partial charge in [0.15, 0.2) is 0 Å². The summed E-state index contributed by atoms with van der Waals surface area (Å²) in [4.78, 5) is 13.2. The Balaban J connectivity index is 0. The molecule has 20 heavy (non-hydrogen) atoms. The highest BCUT2D eigenvalue weighted by atomic mass is 35.5. The molecule has 0 fully saturated rings. The summed E-state index contributed by atoms with van der Waals surface area (Å²) < 4.78 is 47.8. The Hall–Kier alpha value is -2.06. The van der Waals surface area contributed by atoms with Gasteiger partial charge in [-0.25, -0.2) is 0 Å². The molecular weight excluding hydrogens is 270 g/mol. The van der Waals surface area contributed by atoms with Crippen LogP contribution in [0.4, 0.5) is 16.2 Å². The van der Waals surface area contributed by atoms with Crippen molar-refractivity contribution in [2.24, 2.45) is 0 Å². The fourth-order valence-electron chi connectivity index (χ4n) is 2.00. The summed E-state index contributed by atoms with van der Waals surface area (Å²) in [5.41, 5.74) is 2.07. The van der Waals surface area contributed by atoms with Crippen molar-refractivity contribution in [1.29, 1.82) is 0 Å². The maximum absolute atomic E-state index is 11.8. The minimum atomic E-state index is -0.660. The summed E-state index contributed by atoms with van der Waals surface area (Å²) in [6.07, 6.45) is 0. The van der Waals surface area contributed by atoms with Crippen molar-refractivity contribution in [1.82, 2.24) is 0 Å². The Morgan fingerprint density at radius 2 is 1.45 bits per heavy atom. The van der Waals surface area contributed by atoms with Crippen LogP contribution in [-0.4, -0.2) is 5.37 Å². The van der Waals surface area contributed by atoms with Crippen LogP contribution in [0.2, 0.25) is 0 Å². The van der Waals surface area contributed by atoms with Crippen molar-refractivity contribution >= 4 is 40.4 Å². The monoisotopic (exact) mass is 299 g/mol. The second kappa shape index (κ2) is 6.40. The highest BCUT2D eigenvalue weighted by Gasteiger charge is 2.21. The number of halogens is 1. The lowest BCUT2D eigenvalue weighted by molar-refractivity contribution is 0.266. The van der Waals surface area contributed by atoms with E-state index in [1.165, 1.54) is 19.7 Å².